The molecular weight excluding hydrogens is 268 g/mol. The maximum absolute atomic E-state index is 11.6. The first-order valence-electron chi connectivity index (χ1n) is 5.14. The summed E-state index contributed by atoms with van der Waals surface area (Å²) >= 11 is 2.95. The van der Waals surface area contributed by atoms with E-state index in [-0.39, 0.29) is 5.69 Å². The molecule has 0 unspecified atom stereocenters. The Bertz CT molecular complexity index is 564. The van der Waals surface area contributed by atoms with Crippen molar-refractivity contribution in [3.05, 3.63) is 30.0 Å². The fourth-order valence-electron chi connectivity index (χ4n) is 1.51. The van der Waals surface area contributed by atoms with Crippen LogP contribution in [0.2, 0.25) is 0 Å². The monoisotopic (exact) mass is 280 g/mol. The van der Waals surface area contributed by atoms with Gasteiger partial charge in [0, 0.05) is 4.90 Å². The second-order valence-electron chi connectivity index (χ2n) is 3.45. The number of nitrogens with two attached hydrogens (primary N) is 1. The first kappa shape index (κ1) is 12.9. The molecule has 4 nitrogen and oxygen atoms in total. The van der Waals surface area contributed by atoms with Crippen molar-refractivity contribution in [2.24, 2.45) is 0 Å². The van der Waals surface area contributed by atoms with Crippen molar-refractivity contribution in [1.82, 2.24) is 4.98 Å². The van der Waals surface area contributed by atoms with E-state index in [0.29, 0.717) is 5.13 Å². The van der Waals surface area contributed by atoms with Gasteiger partial charge in [-0.05, 0) is 24.0 Å². The molecule has 2 rings (SSSR count). The van der Waals surface area contributed by atoms with Crippen LogP contribution in [0.5, 0.6) is 0 Å². The minimum absolute atomic E-state index is 0.275. The third-order valence-corrected chi connectivity index (χ3v) is 4.05. The second kappa shape index (κ2) is 5.41. The third-order valence-electron chi connectivity index (χ3n) is 2.37. The van der Waals surface area contributed by atoms with E-state index in [2.05, 4.69) is 4.98 Å². The maximum Gasteiger partial charge on any atom is 0.358 e. The summed E-state index contributed by atoms with van der Waals surface area (Å²) in [7, 11) is 1.33. The van der Waals surface area contributed by atoms with Gasteiger partial charge in [0.15, 0.2) is 10.8 Å². The smallest absolute Gasteiger partial charge is 0.358 e. The number of anilines is 1. The van der Waals surface area contributed by atoms with Gasteiger partial charge in [-0.15, -0.1) is 11.8 Å². The molecule has 0 spiro atoms. The number of carbonyl (C=O) groups excluding carboxylic acids is 1. The lowest BCUT2D eigenvalue weighted by Gasteiger charge is -2.02. The summed E-state index contributed by atoms with van der Waals surface area (Å²) < 4.78 is 4.70. The van der Waals surface area contributed by atoms with Crippen molar-refractivity contribution < 1.29 is 9.53 Å². The zero-order valence-corrected chi connectivity index (χ0v) is 11.6. The van der Waals surface area contributed by atoms with Crippen LogP contribution in [0.3, 0.4) is 0 Å². The fourth-order valence-corrected chi connectivity index (χ4v) is 2.74. The fraction of sp³-hybridized carbons (Fsp3) is 0.167. The molecule has 0 aliphatic heterocycles. The standard InChI is InChI=1S/C12H12N2O2S2/c1-16-11(15)9-10(18-12(13)14-9)7-3-5-8(17-2)6-4-7/h3-6H,1-2H3,(H2,13,14). The number of methoxy groups -OCH3 is 1. The van der Waals surface area contributed by atoms with Crippen molar-refractivity contribution in [3.63, 3.8) is 0 Å². The van der Waals surface area contributed by atoms with Gasteiger partial charge in [0.05, 0.1) is 12.0 Å². The molecule has 0 aliphatic rings. The van der Waals surface area contributed by atoms with Gasteiger partial charge >= 0.3 is 5.97 Å². The average Bonchev–Trinajstić information content (AvgIpc) is 2.80. The summed E-state index contributed by atoms with van der Waals surface area (Å²) in [6, 6.07) is 7.89. The van der Waals surface area contributed by atoms with Crippen molar-refractivity contribution >= 4 is 34.2 Å². The van der Waals surface area contributed by atoms with Crippen LogP contribution in [-0.4, -0.2) is 24.3 Å². The Morgan fingerprint density at radius 2 is 2.06 bits per heavy atom. The lowest BCUT2D eigenvalue weighted by atomic mass is 10.1. The van der Waals surface area contributed by atoms with E-state index in [1.165, 1.54) is 18.4 Å². The Balaban J connectivity index is 2.45. The first-order chi connectivity index (χ1) is 8.65. The molecule has 18 heavy (non-hydrogen) atoms. The highest BCUT2D eigenvalue weighted by atomic mass is 32.2. The zero-order chi connectivity index (χ0) is 13.1. The topological polar surface area (TPSA) is 65.2 Å². The molecule has 2 N–H and O–H groups in total. The number of benzene rings is 1. The van der Waals surface area contributed by atoms with Gasteiger partial charge in [0.1, 0.15) is 0 Å². The Hall–Kier alpha value is -1.53. The summed E-state index contributed by atoms with van der Waals surface area (Å²) in [6.07, 6.45) is 2.01. The Kier molecular flexibility index (Phi) is 3.88. The van der Waals surface area contributed by atoms with Crippen molar-refractivity contribution in [2.45, 2.75) is 4.90 Å². The van der Waals surface area contributed by atoms with Gasteiger partial charge in [-0.1, -0.05) is 23.5 Å². The maximum atomic E-state index is 11.6. The number of hydrogen-bond donors (Lipinski definition) is 1. The van der Waals surface area contributed by atoms with Gasteiger partial charge in [0.25, 0.3) is 0 Å². The van der Waals surface area contributed by atoms with Crippen LogP contribution in [0.4, 0.5) is 5.13 Å². The molecule has 0 bridgehead atoms. The summed E-state index contributed by atoms with van der Waals surface area (Å²) in [6.45, 7) is 0. The summed E-state index contributed by atoms with van der Waals surface area (Å²) in [5, 5.41) is 0.361. The predicted octanol–water partition coefficient (Wildman–Crippen LogP) is 2.90. The molecule has 0 atom stereocenters. The van der Waals surface area contributed by atoms with E-state index < -0.39 is 5.97 Å². The van der Waals surface area contributed by atoms with E-state index in [9.17, 15) is 4.79 Å². The largest absolute Gasteiger partial charge is 0.464 e. The van der Waals surface area contributed by atoms with Crippen LogP contribution in [0.25, 0.3) is 10.4 Å². The molecule has 1 heterocycles. The molecule has 0 radical (unpaired) electrons. The number of aromatic nitrogens is 1. The van der Waals surface area contributed by atoms with Crippen LogP contribution < -0.4 is 5.73 Å². The quantitative estimate of drug-likeness (QED) is 0.691. The van der Waals surface area contributed by atoms with Gasteiger partial charge in [-0.25, -0.2) is 9.78 Å². The predicted molar refractivity (Wildman–Crippen MR) is 75.1 cm³/mol. The number of ether oxygens (including phenoxy) is 1. The summed E-state index contributed by atoms with van der Waals surface area (Å²) in [5.74, 6) is -0.466. The van der Waals surface area contributed by atoms with Crippen LogP contribution in [0.15, 0.2) is 29.2 Å². The Morgan fingerprint density at radius 1 is 1.39 bits per heavy atom. The van der Waals surface area contributed by atoms with Crippen molar-refractivity contribution in [2.75, 3.05) is 19.1 Å². The summed E-state index contributed by atoms with van der Waals surface area (Å²) in [4.78, 5) is 17.5. The van der Waals surface area contributed by atoms with Crippen LogP contribution >= 0.6 is 23.1 Å². The summed E-state index contributed by atoms with van der Waals surface area (Å²) in [5.41, 5.74) is 6.85. The highest BCUT2D eigenvalue weighted by Gasteiger charge is 2.19. The SMILES string of the molecule is COC(=O)c1nc(N)sc1-c1ccc(SC)cc1. The van der Waals surface area contributed by atoms with Gasteiger partial charge in [0.2, 0.25) is 0 Å². The van der Waals surface area contributed by atoms with E-state index in [1.807, 2.05) is 30.5 Å². The molecule has 0 saturated heterocycles. The highest BCUT2D eigenvalue weighted by molar-refractivity contribution is 7.98. The highest BCUT2D eigenvalue weighted by Crippen LogP contribution is 2.33. The number of carbonyl (C=O) groups is 1. The van der Waals surface area contributed by atoms with Crippen LogP contribution in [0.1, 0.15) is 10.5 Å². The van der Waals surface area contributed by atoms with Crippen LogP contribution in [0, 0.1) is 0 Å². The van der Waals surface area contributed by atoms with Crippen molar-refractivity contribution in [3.8, 4) is 10.4 Å². The van der Waals surface area contributed by atoms with E-state index in [0.717, 1.165) is 15.3 Å². The van der Waals surface area contributed by atoms with E-state index >= 15 is 0 Å². The number of rotatable bonds is 3. The average molecular weight is 280 g/mol. The van der Waals surface area contributed by atoms with Gasteiger partial charge < -0.3 is 10.5 Å². The second-order valence-corrected chi connectivity index (χ2v) is 5.36. The number of esters is 1. The number of hydrogen-bond acceptors (Lipinski definition) is 6. The van der Waals surface area contributed by atoms with E-state index in [4.69, 9.17) is 10.5 Å². The Labute approximate surface area is 113 Å². The molecule has 0 fully saturated rings. The molecule has 1 aromatic heterocycles. The lowest BCUT2D eigenvalue weighted by Crippen LogP contribution is -2.03. The number of nitrogens with zero attached hydrogens (tertiary/aromatic N) is 1. The van der Waals surface area contributed by atoms with Gasteiger partial charge in [-0.3, -0.25) is 0 Å². The minimum atomic E-state index is -0.466. The molecule has 2 aromatic rings. The zero-order valence-electron chi connectivity index (χ0n) is 9.97. The van der Waals surface area contributed by atoms with Gasteiger partial charge in [-0.2, -0.15) is 0 Å². The molecule has 94 valence electrons. The first-order valence-corrected chi connectivity index (χ1v) is 7.19. The molecule has 0 aliphatic carbocycles. The van der Waals surface area contributed by atoms with Crippen molar-refractivity contribution in [1.29, 1.82) is 0 Å². The molecule has 1 aromatic carbocycles. The lowest BCUT2D eigenvalue weighted by molar-refractivity contribution is 0.0596. The normalized spacial score (nSPS) is 10.3. The number of thioether (sulfide) groups is 1. The molecular formula is C12H12N2O2S2. The Morgan fingerprint density at radius 3 is 2.61 bits per heavy atom. The number of nitrogen functional groups attached to an aromatic ring is 1. The van der Waals surface area contributed by atoms with E-state index in [1.54, 1.807) is 11.8 Å². The molecule has 0 saturated carbocycles. The molecule has 0 amide bonds. The molecule has 6 heteroatoms. The minimum Gasteiger partial charge on any atom is -0.464 e. The number of thiazole rings is 1. The third kappa shape index (κ3) is 2.49. The van der Waals surface area contributed by atoms with Crippen LogP contribution in [-0.2, 0) is 4.74 Å².